The Balaban J connectivity index is 1.52. The number of aryl methyl sites for hydroxylation is 1. The van der Waals surface area contributed by atoms with Crippen LogP contribution in [0.4, 0.5) is 5.69 Å². The molecule has 1 aliphatic rings. The number of piperazine rings is 1. The van der Waals surface area contributed by atoms with Gasteiger partial charge in [-0.15, -0.1) is 0 Å². The van der Waals surface area contributed by atoms with E-state index in [-0.39, 0.29) is 5.91 Å². The fourth-order valence-electron chi connectivity index (χ4n) is 3.66. The third-order valence-electron chi connectivity index (χ3n) is 5.45. The molecule has 0 saturated carbocycles. The molecule has 3 aromatic rings. The summed E-state index contributed by atoms with van der Waals surface area (Å²) in [5.74, 6) is -0.0745. The molecule has 2 aromatic carbocycles. The van der Waals surface area contributed by atoms with E-state index in [4.69, 9.17) is 0 Å². The number of rotatable bonds is 2. The average Bonchev–Trinajstić information content (AvgIpc) is 2.70. The maximum Gasteiger partial charge on any atom is 0.314 e. The molecule has 1 aliphatic heterocycles. The molecule has 0 radical (unpaired) electrons. The van der Waals surface area contributed by atoms with Crippen LogP contribution in [0.3, 0.4) is 0 Å². The second-order valence-electron chi connectivity index (χ2n) is 7.17. The van der Waals surface area contributed by atoms with Crippen molar-refractivity contribution in [1.82, 2.24) is 14.9 Å². The van der Waals surface area contributed by atoms with Crippen molar-refractivity contribution >= 4 is 22.6 Å². The summed E-state index contributed by atoms with van der Waals surface area (Å²) in [4.78, 5) is 45.0. The second-order valence-corrected chi connectivity index (χ2v) is 7.17. The van der Waals surface area contributed by atoms with Crippen LogP contribution < -0.4 is 16.0 Å². The molecular weight excluding hydrogens is 356 g/mol. The summed E-state index contributed by atoms with van der Waals surface area (Å²) in [6.45, 7) is 7.04. The van der Waals surface area contributed by atoms with E-state index in [2.05, 4.69) is 46.9 Å². The predicted molar refractivity (Wildman–Crippen MR) is 109 cm³/mol. The van der Waals surface area contributed by atoms with Gasteiger partial charge in [0, 0.05) is 37.4 Å². The van der Waals surface area contributed by atoms with Crippen molar-refractivity contribution in [1.29, 1.82) is 0 Å². The van der Waals surface area contributed by atoms with Gasteiger partial charge in [0.05, 0.1) is 11.0 Å². The zero-order valence-corrected chi connectivity index (χ0v) is 15.9. The standard InChI is InChI=1S/C21H22N4O3/c1-13-4-3-5-18(14(13)2)24-8-10-25(11-9-24)21(28)15-6-7-16-17(12-15)23-20(27)19(26)22-16/h3-7,12H,8-11H2,1-2H3,(H,22,26)(H,23,27). The lowest BCUT2D eigenvalue weighted by Gasteiger charge is -2.37. The minimum absolute atomic E-state index is 0.0745. The summed E-state index contributed by atoms with van der Waals surface area (Å²) in [5, 5.41) is 0. The van der Waals surface area contributed by atoms with Crippen molar-refractivity contribution in [2.24, 2.45) is 0 Å². The van der Waals surface area contributed by atoms with Gasteiger partial charge in [0.15, 0.2) is 0 Å². The highest BCUT2D eigenvalue weighted by Gasteiger charge is 2.23. The summed E-state index contributed by atoms with van der Waals surface area (Å²) in [5.41, 5.74) is 3.78. The van der Waals surface area contributed by atoms with Gasteiger partial charge in [0.25, 0.3) is 5.91 Å². The Morgan fingerprint density at radius 3 is 2.29 bits per heavy atom. The quantitative estimate of drug-likeness (QED) is 0.666. The Morgan fingerprint density at radius 1 is 0.893 bits per heavy atom. The van der Waals surface area contributed by atoms with Gasteiger partial charge in [-0.1, -0.05) is 12.1 Å². The topological polar surface area (TPSA) is 89.3 Å². The number of hydrogen-bond donors (Lipinski definition) is 2. The van der Waals surface area contributed by atoms with Gasteiger partial charge in [-0.25, -0.2) is 0 Å². The molecule has 0 atom stereocenters. The van der Waals surface area contributed by atoms with Gasteiger partial charge >= 0.3 is 11.1 Å². The molecule has 1 aromatic heterocycles. The third kappa shape index (κ3) is 3.19. The average molecular weight is 378 g/mol. The van der Waals surface area contributed by atoms with E-state index in [1.165, 1.54) is 16.8 Å². The molecule has 0 aliphatic carbocycles. The summed E-state index contributed by atoms with van der Waals surface area (Å²) in [6, 6.07) is 11.2. The number of carbonyl (C=O) groups excluding carboxylic acids is 1. The van der Waals surface area contributed by atoms with E-state index in [1.807, 2.05) is 4.90 Å². The van der Waals surface area contributed by atoms with Crippen LogP contribution in [0.25, 0.3) is 11.0 Å². The monoisotopic (exact) mass is 378 g/mol. The van der Waals surface area contributed by atoms with Gasteiger partial charge in [-0.05, 0) is 49.2 Å². The lowest BCUT2D eigenvalue weighted by Crippen LogP contribution is -2.49. The normalized spacial score (nSPS) is 14.5. The molecule has 0 unspecified atom stereocenters. The second kappa shape index (κ2) is 6.99. The molecule has 144 valence electrons. The van der Waals surface area contributed by atoms with Crippen LogP contribution in [-0.2, 0) is 0 Å². The predicted octanol–water partition coefficient (Wildman–Crippen LogP) is 1.80. The number of benzene rings is 2. The molecule has 4 rings (SSSR count). The van der Waals surface area contributed by atoms with E-state index in [0.29, 0.717) is 29.7 Å². The van der Waals surface area contributed by atoms with Crippen LogP contribution in [0.15, 0.2) is 46.0 Å². The largest absolute Gasteiger partial charge is 0.368 e. The molecule has 7 nitrogen and oxygen atoms in total. The summed E-state index contributed by atoms with van der Waals surface area (Å²) in [6.07, 6.45) is 0. The molecule has 7 heteroatoms. The number of fused-ring (bicyclic) bond motifs is 1. The number of carbonyl (C=O) groups is 1. The maximum absolute atomic E-state index is 12.9. The van der Waals surface area contributed by atoms with E-state index in [9.17, 15) is 14.4 Å². The Labute approximate surface area is 161 Å². The van der Waals surface area contributed by atoms with Crippen molar-refractivity contribution in [2.45, 2.75) is 13.8 Å². The number of nitrogens with one attached hydrogen (secondary N) is 2. The zero-order valence-electron chi connectivity index (χ0n) is 15.9. The molecule has 1 saturated heterocycles. The van der Waals surface area contributed by atoms with Crippen LogP contribution in [0.2, 0.25) is 0 Å². The van der Waals surface area contributed by atoms with Gasteiger partial charge in [-0.3, -0.25) is 14.4 Å². The van der Waals surface area contributed by atoms with Crippen LogP contribution in [0, 0.1) is 13.8 Å². The lowest BCUT2D eigenvalue weighted by molar-refractivity contribution is 0.0747. The molecule has 2 N–H and O–H groups in total. The first-order valence-corrected chi connectivity index (χ1v) is 9.31. The maximum atomic E-state index is 12.9. The first kappa shape index (κ1) is 18.0. The van der Waals surface area contributed by atoms with Crippen molar-refractivity contribution in [3.63, 3.8) is 0 Å². The van der Waals surface area contributed by atoms with E-state index >= 15 is 0 Å². The highest BCUT2D eigenvalue weighted by atomic mass is 16.2. The number of anilines is 1. The van der Waals surface area contributed by atoms with Crippen LogP contribution in [-0.4, -0.2) is 47.0 Å². The number of aromatic amines is 2. The third-order valence-corrected chi connectivity index (χ3v) is 5.45. The minimum Gasteiger partial charge on any atom is -0.368 e. The molecule has 0 bridgehead atoms. The summed E-state index contributed by atoms with van der Waals surface area (Å²) >= 11 is 0. The summed E-state index contributed by atoms with van der Waals surface area (Å²) < 4.78 is 0. The number of aromatic nitrogens is 2. The Kier molecular flexibility index (Phi) is 4.50. The van der Waals surface area contributed by atoms with Crippen LogP contribution in [0.1, 0.15) is 21.5 Å². The fourth-order valence-corrected chi connectivity index (χ4v) is 3.66. The van der Waals surface area contributed by atoms with Crippen molar-refractivity contribution in [2.75, 3.05) is 31.1 Å². The molecule has 1 fully saturated rings. The molecule has 0 spiro atoms. The highest BCUT2D eigenvalue weighted by Crippen LogP contribution is 2.24. The van der Waals surface area contributed by atoms with Gasteiger partial charge in [0.2, 0.25) is 0 Å². The van der Waals surface area contributed by atoms with Crippen molar-refractivity contribution < 1.29 is 4.79 Å². The first-order chi connectivity index (χ1) is 13.4. The van der Waals surface area contributed by atoms with E-state index in [1.54, 1.807) is 18.2 Å². The molecular formula is C21H22N4O3. The highest BCUT2D eigenvalue weighted by molar-refractivity contribution is 5.97. The zero-order chi connectivity index (χ0) is 19.8. The molecule has 2 heterocycles. The van der Waals surface area contributed by atoms with E-state index in [0.717, 1.165) is 13.1 Å². The van der Waals surface area contributed by atoms with E-state index < -0.39 is 11.1 Å². The fraction of sp³-hybridized carbons (Fsp3) is 0.286. The van der Waals surface area contributed by atoms with Gasteiger partial charge in [-0.2, -0.15) is 0 Å². The Bertz CT molecular complexity index is 1170. The molecule has 1 amide bonds. The first-order valence-electron chi connectivity index (χ1n) is 9.31. The van der Waals surface area contributed by atoms with Crippen LogP contribution >= 0.6 is 0 Å². The number of hydrogen-bond acceptors (Lipinski definition) is 4. The smallest absolute Gasteiger partial charge is 0.314 e. The van der Waals surface area contributed by atoms with Crippen molar-refractivity contribution in [3.8, 4) is 0 Å². The minimum atomic E-state index is -0.723. The molecule has 28 heavy (non-hydrogen) atoms. The number of amides is 1. The van der Waals surface area contributed by atoms with Crippen LogP contribution in [0.5, 0.6) is 0 Å². The Hall–Kier alpha value is -3.35. The summed E-state index contributed by atoms with van der Waals surface area (Å²) in [7, 11) is 0. The van der Waals surface area contributed by atoms with Gasteiger partial charge < -0.3 is 19.8 Å². The number of nitrogens with zero attached hydrogens (tertiary/aromatic N) is 2. The van der Waals surface area contributed by atoms with Gasteiger partial charge in [0.1, 0.15) is 0 Å². The lowest BCUT2D eigenvalue weighted by atomic mass is 10.1. The SMILES string of the molecule is Cc1cccc(N2CCN(C(=O)c3ccc4[nH]c(=O)c(=O)[nH]c4c3)CC2)c1C. The number of H-pyrrole nitrogens is 2. The Morgan fingerprint density at radius 2 is 1.57 bits per heavy atom. The van der Waals surface area contributed by atoms with Crippen molar-refractivity contribution in [3.05, 3.63) is 73.8 Å².